The normalized spacial score (nSPS) is 11.3. The fourth-order valence-electron chi connectivity index (χ4n) is 2.13. The van der Waals surface area contributed by atoms with E-state index in [-0.39, 0.29) is 11.4 Å². The standard InChI is InChI=1S/C15H16N8O4S/c1-27-14-8-17-11(6-18-14)9-23-21-15(20-22-23)10-2-4-12(5-3-10)28(25,26)19-7-13(16)24/h2-6,8,19H,7,9H2,1H3,(H2,16,24). The molecule has 0 aliphatic rings. The maximum Gasteiger partial charge on any atom is 0.241 e. The number of nitrogens with one attached hydrogen (secondary N) is 1. The number of primary amides is 1. The quantitative estimate of drug-likeness (QED) is 0.476. The minimum atomic E-state index is -3.83. The first kappa shape index (κ1) is 19.3. The largest absolute Gasteiger partial charge is 0.480 e. The maximum absolute atomic E-state index is 12.0. The lowest BCUT2D eigenvalue weighted by Gasteiger charge is -2.05. The number of amides is 1. The molecule has 3 aromatic rings. The number of nitrogens with two attached hydrogens (primary N) is 1. The Morgan fingerprint density at radius 1 is 1.21 bits per heavy atom. The Morgan fingerprint density at radius 2 is 1.96 bits per heavy atom. The van der Waals surface area contributed by atoms with E-state index in [0.717, 1.165) is 0 Å². The molecule has 2 aromatic heterocycles. The van der Waals surface area contributed by atoms with Crippen molar-refractivity contribution in [3.63, 3.8) is 0 Å². The van der Waals surface area contributed by atoms with Crippen LogP contribution in [0.25, 0.3) is 11.4 Å². The van der Waals surface area contributed by atoms with Crippen LogP contribution in [0.1, 0.15) is 5.69 Å². The van der Waals surface area contributed by atoms with Gasteiger partial charge in [0, 0.05) is 5.56 Å². The van der Waals surface area contributed by atoms with E-state index in [4.69, 9.17) is 10.5 Å². The fourth-order valence-corrected chi connectivity index (χ4v) is 3.13. The lowest BCUT2D eigenvalue weighted by molar-refractivity contribution is -0.116. The molecule has 0 saturated carbocycles. The summed E-state index contributed by atoms with van der Waals surface area (Å²) in [5.74, 6) is -0.0607. The summed E-state index contributed by atoms with van der Waals surface area (Å²) in [7, 11) is -2.33. The Labute approximate surface area is 159 Å². The number of carbonyl (C=O) groups is 1. The zero-order valence-corrected chi connectivity index (χ0v) is 15.5. The van der Waals surface area contributed by atoms with Gasteiger partial charge in [-0.15, -0.1) is 10.2 Å². The van der Waals surface area contributed by atoms with Gasteiger partial charge in [-0.05, 0) is 29.5 Å². The number of ether oxygens (including phenoxy) is 1. The topological polar surface area (TPSA) is 168 Å². The molecule has 0 spiro atoms. The third kappa shape index (κ3) is 4.63. The predicted molar refractivity (Wildman–Crippen MR) is 95.3 cm³/mol. The molecule has 12 nitrogen and oxygen atoms in total. The van der Waals surface area contributed by atoms with Crippen molar-refractivity contribution in [3.05, 3.63) is 42.4 Å². The molecule has 0 radical (unpaired) electrons. The Bertz CT molecular complexity index is 1060. The first-order valence-corrected chi connectivity index (χ1v) is 9.37. The molecular formula is C15H16N8O4S. The van der Waals surface area contributed by atoms with Crippen LogP contribution in [-0.4, -0.2) is 58.2 Å². The summed E-state index contributed by atoms with van der Waals surface area (Å²) in [5, 5.41) is 12.1. The lowest BCUT2D eigenvalue weighted by atomic mass is 10.2. The maximum atomic E-state index is 12.0. The highest BCUT2D eigenvalue weighted by Crippen LogP contribution is 2.17. The van der Waals surface area contributed by atoms with Crippen LogP contribution < -0.4 is 15.2 Å². The Kier molecular flexibility index (Phi) is 5.56. The van der Waals surface area contributed by atoms with Crippen molar-refractivity contribution in [2.45, 2.75) is 11.4 Å². The molecule has 1 aromatic carbocycles. The molecule has 0 bridgehead atoms. The van der Waals surface area contributed by atoms with Crippen LogP contribution in [-0.2, 0) is 21.4 Å². The first-order valence-electron chi connectivity index (χ1n) is 7.88. The molecule has 2 heterocycles. The summed E-state index contributed by atoms with van der Waals surface area (Å²) in [6.45, 7) is -0.221. The smallest absolute Gasteiger partial charge is 0.241 e. The third-order valence-electron chi connectivity index (χ3n) is 3.51. The van der Waals surface area contributed by atoms with E-state index in [9.17, 15) is 13.2 Å². The second-order valence-electron chi connectivity index (χ2n) is 5.51. The number of aromatic nitrogens is 6. The molecule has 0 atom stereocenters. The van der Waals surface area contributed by atoms with Crippen LogP contribution in [0.2, 0.25) is 0 Å². The Hall–Kier alpha value is -3.45. The van der Waals surface area contributed by atoms with Gasteiger partial charge in [0.15, 0.2) is 0 Å². The molecule has 0 fully saturated rings. The van der Waals surface area contributed by atoms with E-state index in [1.807, 2.05) is 0 Å². The third-order valence-corrected chi connectivity index (χ3v) is 4.92. The van der Waals surface area contributed by atoms with E-state index in [1.165, 1.54) is 42.4 Å². The van der Waals surface area contributed by atoms with Crippen molar-refractivity contribution in [2.75, 3.05) is 13.7 Å². The number of hydrogen-bond donors (Lipinski definition) is 2. The van der Waals surface area contributed by atoms with Crippen molar-refractivity contribution in [1.82, 2.24) is 34.9 Å². The van der Waals surface area contributed by atoms with Gasteiger partial charge in [0.05, 0.1) is 36.6 Å². The number of benzene rings is 1. The molecule has 146 valence electrons. The highest BCUT2D eigenvalue weighted by atomic mass is 32.2. The zero-order valence-electron chi connectivity index (χ0n) is 14.7. The molecule has 0 aliphatic heterocycles. The van der Waals surface area contributed by atoms with Gasteiger partial charge in [-0.2, -0.15) is 4.80 Å². The Morgan fingerprint density at radius 3 is 2.57 bits per heavy atom. The fraction of sp³-hybridized carbons (Fsp3) is 0.200. The van der Waals surface area contributed by atoms with E-state index in [0.29, 0.717) is 23.0 Å². The highest BCUT2D eigenvalue weighted by molar-refractivity contribution is 7.89. The van der Waals surface area contributed by atoms with Crippen LogP contribution in [0.4, 0.5) is 0 Å². The summed E-state index contributed by atoms with van der Waals surface area (Å²) >= 11 is 0. The minimum absolute atomic E-state index is 0.0154. The molecule has 1 amide bonds. The Balaban J connectivity index is 1.71. The summed E-state index contributed by atoms with van der Waals surface area (Å²) < 4.78 is 31.1. The van der Waals surface area contributed by atoms with Gasteiger partial charge >= 0.3 is 0 Å². The van der Waals surface area contributed by atoms with E-state index < -0.39 is 22.5 Å². The SMILES string of the molecule is COc1cnc(Cn2nnc(-c3ccc(S(=O)(=O)NCC(N)=O)cc3)n2)cn1. The van der Waals surface area contributed by atoms with Gasteiger partial charge in [0.2, 0.25) is 27.6 Å². The summed E-state index contributed by atoms with van der Waals surface area (Å²) in [5.41, 5.74) is 6.13. The number of rotatable bonds is 8. The number of nitrogens with zero attached hydrogens (tertiary/aromatic N) is 6. The van der Waals surface area contributed by atoms with E-state index >= 15 is 0 Å². The molecule has 3 N–H and O–H groups in total. The average Bonchev–Trinajstić information content (AvgIpc) is 3.16. The second-order valence-corrected chi connectivity index (χ2v) is 7.28. The zero-order chi connectivity index (χ0) is 20.1. The van der Waals surface area contributed by atoms with Crippen LogP contribution in [0, 0.1) is 0 Å². The highest BCUT2D eigenvalue weighted by Gasteiger charge is 2.15. The van der Waals surface area contributed by atoms with Crippen LogP contribution in [0.3, 0.4) is 0 Å². The summed E-state index contributed by atoms with van der Waals surface area (Å²) in [6.07, 6.45) is 3.03. The van der Waals surface area contributed by atoms with Crippen molar-refractivity contribution in [2.24, 2.45) is 5.73 Å². The first-order chi connectivity index (χ1) is 13.4. The average molecular weight is 404 g/mol. The number of sulfonamides is 1. The minimum Gasteiger partial charge on any atom is -0.480 e. The van der Waals surface area contributed by atoms with E-state index in [1.54, 1.807) is 6.20 Å². The number of hydrogen-bond acceptors (Lipinski definition) is 9. The lowest BCUT2D eigenvalue weighted by Crippen LogP contribution is -2.33. The van der Waals surface area contributed by atoms with Crippen molar-refractivity contribution < 1.29 is 17.9 Å². The van der Waals surface area contributed by atoms with E-state index in [2.05, 4.69) is 30.1 Å². The van der Waals surface area contributed by atoms with Gasteiger partial charge in [0.1, 0.15) is 6.54 Å². The molecule has 3 rings (SSSR count). The van der Waals surface area contributed by atoms with Gasteiger partial charge in [-0.3, -0.25) is 9.78 Å². The van der Waals surface area contributed by atoms with Crippen LogP contribution >= 0.6 is 0 Å². The predicted octanol–water partition coefficient (Wildman–Crippen LogP) is -1.05. The summed E-state index contributed by atoms with van der Waals surface area (Å²) in [6, 6.07) is 5.81. The van der Waals surface area contributed by atoms with Gasteiger partial charge < -0.3 is 10.5 Å². The molecule has 28 heavy (non-hydrogen) atoms. The van der Waals surface area contributed by atoms with Gasteiger partial charge in [-0.25, -0.2) is 18.1 Å². The van der Waals surface area contributed by atoms with Crippen molar-refractivity contribution in [1.29, 1.82) is 0 Å². The number of methoxy groups -OCH3 is 1. The molecule has 0 unspecified atom stereocenters. The molecule has 0 aliphatic carbocycles. The van der Waals surface area contributed by atoms with Gasteiger partial charge in [0.25, 0.3) is 0 Å². The number of tetrazole rings is 1. The van der Waals surface area contributed by atoms with Crippen molar-refractivity contribution >= 4 is 15.9 Å². The molecule has 13 heteroatoms. The van der Waals surface area contributed by atoms with Crippen LogP contribution in [0.5, 0.6) is 5.88 Å². The monoisotopic (exact) mass is 404 g/mol. The second kappa shape index (κ2) is 8.06. The van der Waals surface area contributed by atoms with Crippen LogP contribution in [0.15, 0.2) is 41.6 Å². The van der Waals surface area contributed by atoms with Gasteiger partial charge in [-0.1, -0.05) is 0 Å². The van der Waals surface area contributed by atoms with Crippen molar-refractivity contribution in [3.8, 4) is 17.3 Å². The summed E-state index contributed by atoms with van der Waals surface area (Å²) in [4.78, 5) is 20.3. The number of carbonyl (C=O) groups excluding carboxylic acids is 1. The molecular weight excluding hydrogens is 388 g/mol. The molecule has 0 saturated heterocycles.